The minimum atomic E-state index is 0.116. The van der Waals surface area contributed by atoms with Crippen LogP contribution in [0.2, 0.25) is 0 Å². The number of rotatable bonds is 8. The van der Waals surface area contributed by atoms with Gasteiger partial charge in [-0.3, -0.25) is 0 Å². The summed E-state index contributed by atoms with van der Waals surface area (Å²) in [6, 6.07) is 25.8. The Labute approximate surface area is 217 Å². The van der Waals surface area contributed by atoms with Crippen molar-refractivity contribution in [1.29, 1.82) is 0 Å². The lowest BCUT2D eigenvalue weighted by atomic mass is 9.83. The molecule has 1 unspecified atom stereocenters. The number of aromatic nitrogens is 2. The number of nitrogens with zero attached hydrogens (tertiary/aromatic N) is 2. The van der Waals surface area contributed by atoms with Gasteiger partial charge in [-0.05, 0) is 82.5 Å². The molecule has 3 nitrogen and oxygen atoms in total. The molecule has 36 heavy (non-hydrogen) atoms. The van der Waals surface area contributed by atoms with Crippen LogP contribution in [0.15, 0.2) is 77.2 Å². The van der Waals surface area contributed by atoms with Crippen LogP contribution in [-0.4, -0.2) is 10.2 Å². The monoisotopic (exact) mass is 480 g/mol. The zero-order valence-electron chi connectivity index (χ0n) is 22.9. The maximum Gasteiger partial charge on any atom is 0.248 e. The Morgan fingerprint density at radius 2 is 1.08 bits per heavy atom. The average molecular weight is 481 g/mol. The highest BCUT2D eigenvalue weighted by atomic mass is 16.4. The minimum absolute atomic E-state index is 0.116. The van der Waals surface area contributed by atoms with E-state index in [4.69, 9.17) is 4.42 Å². The molecule has 0 fully saturated rings. The maximum atomic E-state index is 6.00. The lowest BCUT2D eigenvalue weighted by Gasteiger charge is -2.23. The van der Waals surface area contributed by atoms with Crippen molar-refractivity contribution in [3.05, 3.63) is 83.9 Å². The van der Waals surface area contributed by atoms with E-state index in [0.717, 1.165) is 29.4 Å². The molecule has 0 saturated carbocycles. The van der Waals surface area contributed by atoms with E-state index in [1.54, 1.807) is 0 Å². The zero-order chi connectivity index (χ0) is 25.9. The molecule has 0 aliphatic rings. The summed E-state index contributed by atoms with van der Waals surface area (Å²) in [7, 11) is 0. The molecule has 3 aromatic carbocycles. The molecule has 0 amide bonds. The molecule has 1 atom stereocenters. The van der Waals surface area contributed by atoms with Gasteiger partial charge in [0.1, 0.15) is 0 Å². The van der Waals surface area contributed by atoms with Gasteiger partial charge < -0.3 is 4.42 Å². The summed E-state index contributed by atoms with van der Waals surface area (Å²) in [6.45, 7) is 16.0. The molecule has 0 radical (unpaired) electrons. The van der Waals surface area contributed by atoms with Crippen LogP contribution in [0.25, 0.3) is 34.0 Å². The molecule has 188 valence electrons. The summed E-state index contributed by atoms with van der Waals surface area (Å²) in [6.07, 6.45) is 2.42. The first-order chi connectivity index (χ1) is 17.1. The van der Waals surface area contributed by atoms with Gasteiger partial charge in [-0.25, -0.2) is 0 Å². The molecule has 1 aromatic heterocycles. The molecule has 0 aliphatic heterocycles. The molecule has 4 rings (SSSR count). The number of benzene rings is 3. The Morgan fingerprint density at radius 1 is 0.639 bits per heavy atom. The van der Waals surface area contributed by atoms with Crippen LogP contribution in [0, 0.1) is 17.8 Å². The topological polar surface area (TPSA) is 38.9 Å². The van der Waals surface area contributed by atoms with Crippen LogP contribution >= 0.6 is 0 Å². The standard InChI is InChI=1S/C33H40N2O/c1-22(2)20-29(23(3)4)21-24-8-10-25(11-9-24)26-12-14-27(15-13-26)31-34-35-32(36-31)28-16-18-30(19-17-28)33(5,6)7/h8-19,22-23,29H,20-21H2,1-7H3. The predicted octanol–water partition coefficient (Wildman–Crippen LogP) is 9.23. The predicted molar refractivity (Wildman–Crippen MR) is 151 cm³/mol. The van der Waals surface area contributed by atoms with Crippen molar-refractivity contribution in [3.63, 3.8) is 0 Å². The van der Waals surface area contributed by atoms with Gasteiger partial charge in [0, 0.05) is 11.1 Å². The highest BCUT2D eigenvalue weighted by molar-refractivity contribution is 5.68. The van der Waals surface area contributed by atoms with E-state index in [-0.39, 0.29) is 5.41 Å². The first kappa shape index (κ1) is 25.9. The summed E-state index contributed by atoms with van der Waals surface area (Å²) in [5.74, 6) is 3.25. The fourth-order valence-electron chi connectivity index (χ4n) is 4.71. The van der Waals surface area contributed by atoms with Gasteiger partial charge in [0.25, 0.3) is 0 Å². The van der Waals surface area contributed by atoms with E-state index >= 15 is 0 Å². The third kappa shape index (κ3) is 6.32. The van der Waals surface area contributed by atoms with Crippen molar-refractivity contribution in [1.82, 2.24) is 10.2 Å². The Hall–Kier alpha value is -3.20. The summed E-state index contributed by atoms with van der Waals surface area (Å²) in [5, 5.41) is 8.58. The lowest BCUT2D eigenvalue weighted by Crippen LogP contribution is -2.14. The van der Waals surface area contributed by atoms with Gasteiger partial charge in [-0.1, -0.05) is 97.0 Å². The molecule has 4 aromatic rings. The first-order valence-corrected chi connectivity index (χ1v) is 13.2. The Bertz CT molecular complexity index is 1240. The molecule has 1 heterocycles. The van der Waals surface area contributed by atoms with Crippen LogP contribution in [0.5, 0.6) is 0 Å². The third-order valence-corrected chi connectivity index (χ3v) is 7.06. The third-order valence-electron chi connectivity index (χ3n) is 7.06. The number of hydrogen-bond acceptors (Lipinski definition) is 3. The van der Waals surface area contributed by atoms with E-state index in [1.165, 1.54) is 28.7 Å². The molecule has 0 bridgehead atoms. The van der Waals surface area contributed by atoms with Gasteiger partial charge >= 0.3 is 0 Å². The fraction of sp³-hybridized carbons (Fsp3) is 0.394. The van der Waals surface area contributed by atoms with Crippen molar-refractivity contribution < 1.29 is 4.42 Å². The van der Waals surface area contributed by atoms with Crippen molar-refractivity contribution >= 4 is 0 Å². The molecule has 3 heteroatoms. The fourth-order valence-corrected chi connectivity index (χ4v) is 4.71. The smallest absolute Gasteiger partial charge is 0.248 e. The molecular formula is C33H40N2O. The van der Waals surface area contributed by atoms with Gasteiger partial charge in [0.2, 0.25) is 11.8 Å². The van der Waals surface area contributed by atoms with Gasteiger partial charge in [0.15, 0.2) is 0 Å². The summed E-state index contributed by atoms with van der Waals surface area (Å²) < 4.78 is 6.00. The average Bonchev–Trinajstić information content (AvgIpc) is 3.34. The van der Waals surface area contributed by atoms with Crippen molar-refractivity contribution in [2.45, 2.75) is 66.7 Å². The van der Waals surface area contributed by atoms with Crippen molar-refractivity contribution in [3.8, 4) is 34.0 Å². The van der Waals surface area contributed by atoms with E-state index in [9.17, 15) is 0 Å². The van der Waals surface area contributed by atoms with Crippen molar-refractivity contribution in [2.75, 3.05) is 0 Å². The van der Waals surface area contributed by atoms with Crippen LogP contribution in [0.4, 0.5) is 0 Å². The van der Waals surface area contributed by atoms with Crippen LogP contribution in [-0.2, 0) is 11.8 Å². The first-order valence-electron chi connectivity index (χ1n) is 13.2. The summed E-state index contributed by atoms with van der Waals surface area (Å²) >= 11 is 0. The van der Waals surface area contributed by atoms with E-state index in [1.807, 2.05) is 0 Å². The molecule has 0 aliphatic carbocycles. The van der Waals surface area contributed by atoms with E-state index in [2.05, 4.69) is 131 Å². The van der Waals surface area contributed by atoms with Crippen LogP contribution in [0.1, 0.15) is 66.0 Å². The lowest BCUT2D eigenvalue weighted by molar-refractivity contribution is 0.315. The molecule has 0 N–H and O–H groups in total. The summed E-state index contributed by atoms with van der Waals surface area (Å²) in [5.41, 5.74) is 7.09. The SMILES string of the molecule is CC(C)CC(Cc1ccc(-c2ccc(-c3nnc(-c4ccc(C(C)(C)C)cc4)o3)cc2)cc1)C(C)C. The second kappa shape index (κ2) is 10.8. The Balaban J connectivity index is 1.45. The highest BCUT2D eigenvalue weighted by Gasteiger charge is 2.17. The Kier molecular flexibility index (Phi) is 7.78. The molecule has 0 spiro atoms. The van der Waals surface area contributed by atoms with E-state index in [0.29, 0.717) is 17.7 Å². The number of hydrogen-bond donors (Lipinski definition) is 0. The molecular weight excluding hydrogens is 440 g/mol. The quantitative estimate of drug-likeness (QED) is 0.252. The second-order valence-corrected chi connectivity index (χ2v) is 11.9. The maximum absolute atomic E-state index is 6.00. The Morgan fingerprint density at radius 3 is 1.53 bits per heavy atom. The van der Waals surface area contributed by atoms with E-state index < -0.39 is 0 Å². The van der Waals surface area contributed by atoms with Gasteiger partial charge in [-0.15, -0.1) is 10.2 Å². The van der Waals surface area contributed by atoms with Crippen molar-refractivity contribution in [2.24, 2.45) is 17.8 Å². The largest absolute Gasteiger partial charge is 0.416 e. The van der Waals surface area contributed by atoms with Gasteiger partial charge in [-0.2, -0.15) is 0 Å². The zero-order valence-corrected chi connectivity index (χ0v) is 22.9. The van der Waals surface area contributed by atoms with Crippen LogP contribution < -0.4 is 0 Å². The highest BCUT2D eigenvalue weighted by Crippen LogP contribution is 2.30. The van der Waals surface area contributed by atoms with Gasteiger partial charge in [0.05, 0.1) is 0 Å². The summed E-state index contributed by atoms with van der Waals surface area (Å²) in [4.78, 5) is 0. The molecule has 0 saturated heterocycles. The second-order valence-electron chi connectivity index (χ2n) is 11.9. The minimum Gasteiger partial charge on any atom is -0.416 e. The normalized spacial score (nSPS) is 12.9. The van der Waals surface area contributed by atoms with Crippen LogP contribution in [0.3, 0.4) is 0 Å².